The summed E-state index contributed by atoms with van der Waals surface area (Å²) in [5, 5.41) is 20.4. The first-order valence-corrected chi connectivity index (χ1v) is 10.9. The minimum Gasteiger partial charge on any atom is -0.481 e. The van der Waals surface area contributed by atoms with Crippen LogP contribution in [0.25, 0.3) is 0 Å². The van der Waals surface area contributed by atoms with Gasteiger partial charge >= 0.3 is 5.97 Å². The quantitative estimate of drug-likeness (QED) is 0.368. The number of thioether (sulfide) groups is 1. The van der Waals surface area contributed by atoms with Gasteiger partial charge in [-0.25, -0.2) is 0 Å². The monoisotopic (exact) mass is 366 g/mol. The molecule has 2 N–H and O–H groups in total. The summed E-state index contributed by atoms with van der Waals surface area (Å²) >= 11 is 2.14. The number of hydrogen-bond donors (Lipinski definition) is 2. The fourth-order valence-electron chi connectivity index (χ4n) is 3.94. The Bertz CT molecular complexity index is 454. The number of aliphatic hydroxyl groups is 1. The number of carboxylic acids is 1. The fraction of sp³-hybridized carbons (Fsp3) is 0.762. The zero-order valence-corrected chi connectivity index (χ0v) is 16.3. The lowest BCUT2D eigenvalue weighted by Gasteiger charge is -2.49. The van der Waals surface area contributed by atoms with E-state index < -0.39 is 5.97 Å². The number of rotatable bonds is 12. The lowest BCUT2D eigenvalue weighted by atomic mass is 9.75. The highest BCUT2D eigenvalue weighted by Crippen LogP contribution is 2.54. The maximum absolute atomic E-state index is 10.5. The molecule has 3 rings (SSSR count). The number of carboxylic acid groups (broad SMARTS) is 1. The van der Waals surface area contributed by atoms with Gasteiger partial charge in [-0.1, -0.05) is 50.5 Å². The van der Waals surface area contributed by atoms with Gasteiger partial charge in [0.2, 0.25) is 0 Å². The van der Waals surface area contributed by atoms with Crippen LogP contribution in [0.3, 0.4) is 0 Å². The van der Waals surface area contributed by atoms with Crippen LogP contribution in [0.5, 0.6) is 0 Å². The molecule has 2 bridgehead atoms. The SMILES string of the molecule is CCCCCC(O)/C=C/C1CC2CC(S2)C1C/C=C\CCCC(=O)O. The standard InChI is InChI=1S/C21H34O3S/c1-2-3-6-9-17(22)13-12-16-14-18-15-20(25-18)19(16)10-7-4-5-8-11-21(23)24/h4,7,12-13,16-20,22H,2-3,5-6,8-11,14-15H2,1H3,(H,23,24)/b7-4-,13-12+. The van der Waals surface area contributed by atoms with E-state index in [-0.39, 0.29) is 12.5 Å². The summed E-state index contributed by atoms with van der Waals surface area (Å²) in [5.41, 5.74) is 0. The van der Waals surface area contributed by atoms with E-state index in [0.717, 1.165) is 42.6 Å². The summed E-state index contributed by atoms with van der Waals surface area (Å²) in [6.07, 6.45) is 18.4. The van der Waals surface area contributed by atoms with Gasteiger partial charge in [-0.3, -0.25) is 4.79 Å². The van der Waals surface area contributed by atoms with E-state index in [4.69, 9.17) is 5.11 Å². The zero-order valence-electron chi connectivity index (χ0n) is 15.5. The van der Waals surface area contributed by atoms with Crippen molar-refractivity contribution in [2.75, 3.05) is 0 Å². The average Bonchev–Trinajstić information content (AvgIpc) is 2.55. The Balaban J connectivity index is 1.76. The number of aliphatic hydroxyl groups excluding tert-OH is 1. The Morgan fingerprint density at radius 3 is 2.76 bits per heavy atom. The molecule has 5 unspecified atom stereocenters. The number of aliphatic carboxylic acids is 1. The van der Waals surface area contributed by atoms with Crippen LogP contribution < -0.4 is 0 Å². The van der Waals surface area contributed by atoms with Gasteiger partial charge in [0.15, 0.2) is 0 Å². The molecule has 3 fully saturated rings. The van der Waals surface area contributed by atoms with Crippen LogP contribution in [0.2, 0.25) is 0 Å². The van der Waals surface area contributed by atoms with Gasteiger partial charge in [0.05, 0.1) is 6.10 Å². The Morgan fingerprint density at radius 1 is 1.24 bits per heavy atom. The first kappa shape index (κ1) is 20.6. The maximum atomic E-state index is 10.5. The highest BCUT2D eigenvalue weighted by atomic mass is 32.2. The van der Waals surface area contributed by atoms with E-state index in [9.17, 15) is 9.90 Å². The second-order valence-electron chi connectivity index (χ2n) is 7.54. The van der Waals surface area contributed by atoms with Gasteiger partial charge in [-0.15, -0.1) is 0 Å². The van der Waals surface area contributed by atoms with Crippen molar-refractivity contribution in [1.82, 2.24) is 0 Å². The van der Waals surface area contributed by atoms with Crippen molar-refractivity contribution >= 4 is 17.7 Å². The smallest absolute Gasteiger partial charge is 0.303 e. The van der Waals surface area contributed by atoms with Crippen LogP contribution >= 0.6 is 11.8 Å². The fourth-order valence-corrected chi connectivity index (χ4v) is 5.58. The topological polar surface area (TPSA) is 57.5 Å². The third-order valence-electron chi connectivity index (χ3n) is 5.45. The van der Waals surface area contributed by atoms with Gasteiger partial charge in [-0.05, 0) is 50.4 Å². The molecular weight excluding hydrogens is 332 g/mol. The van der Waals surface area contributed by atoms with Crippen LogP contribution in [-0.4, -0.2) is 32.8 Å². The molecule has 2 aliphatic heterocycles. The van der Waals surface area contributed by atoms with Gasteiger partial charge < -0.3 is 10.2 Å². The van der Waals surface area contributed by atoms with Gasteiger partial charge in [0.1, 0.15) is 0 Å². The van der Waals surface area contributed by atoms with Crippen LogP contribution in [0, 0.1) is 11.8 Å². The van der Waals surface area contributed by atoms with Gasteiger partial charge in [-0.2, -0.15) is 11.8 Å². The molecule has 1 aliphatic carbocycles. The lowest BCUT2D eigenvalue weighted by molar-refractivity contribution is -0.137. The molecule has 1 saturated carbocycles. The summed E-state index contributed by atoms with van der Waals surface area (Å²) < 4.78 is 0. The molecule has 0 aromatic rings. The molecule has 2 heterocycles. The van der Waals surface area contributed by atoms with E-state index in [1.165, 1.54) is 25.7 Å². The molecular formula is C21H34O3S. The molecule has 0 aromatic carbocycles. The minimum atomic E-state index is -0.708. The van der Waals surface area contributed by atoms with Crippen molar-refractivity contribution in [2.45, 2.75) is 87.7 Å². The molecule has 0 spiro atoms. The summed E-state index contributed by atoms with van der Waals surface area (Å²) in [4.78, 5) is 10.5. The second kappa shape index (κ2) is 11.1. The van der Waals surface area contributed by atoms with E-state index in [0.29, 0.717) is 11.8 Å². The average molecular weight is 367 g/mol. The molecule has 3 nitrogen and oxygen atoms in total. The minimum absolute atomic E-state index is 0.259. The Labute approximate surface area is 157 Å². The molecule has 0 radical (unpaired) electrons. The van der Waals surface area contributed by atoms with Crippen molar-refractivity contribution in [3.05, 3.63) is 24.3 Å². The molecule has 2 saturated heterocycles. The summed E-state index contributed by atoms with van der Waals surface area (Å²) in [6.45, 7) is 2.19. The number of hydrogen-bond acceptors (Lipinski definition) is 3. The molecule has 4 heteroatoms. The predicted octanol–water partition coefficient (Wildman–Crippen LogP) is 5.20. The largest absolute Gasteiger partial charge is 0.481 e. The summed E-state index contributed by atoms with van der Waals surface area (Å²) in [6, 6.07) is 0. The van der Waals surface area contributed by atoms with Gasteiger partial charge in [0.25, 0.3) is 0 Å². The van der Waals surface area contributed by atoms with E-state index in [2.05, 4.69) is 36.9 Å². The predicted molar refractivity (Wildman–Crippen MR) is 106 cm³/mol. The van der Waals surface area contributed by atoms with Crippen LogP contribution in [-0.2, 0) is 4.79 Å². The third-order valence-corrected chi connectivity index (χ3v) is 7.11. The molecule has 0 aromatic heterocycles. The number of fused-ring (bicyclic) bond motifs is 2. The van der Waals surface area contributed by atoms with Crippen LogP contribution in [0.1, 0.15) is 71.1 Å². The van der Waals surface area contributed by atoms with E-state index in [1.54, 1.807) is 0 Å². The number of carbonyl (C=O) groups is 1. The van der Waals surface area contributed by atoms with Crippen LogP contribution in [0.4, 0.5) is 0 Å². The van der Waals surface area contributed by atoms with Gasteiger partial charge in [0, 0.05) is 16.9 Å². The number of unbranched alkanes of at least 4 members (excludes halogenated alkanes) is 3. The van der Waals surface area contributed by atoms with Crippen molar-refractivity contribution in [3.8, 4) is 0 Å². The zero-order chi connectivity index (χ0) is 18.1. The van der Waals surface area contributed by atoms with Crippen molar-refractivity contribution in [2.24, 2.45) is 11.8 Å². The molecule has 142 valence electrons. The third kappa shape index (κ3) is 7.18. The normalized spacial score (nSPS) is 29.8. The lowest BCUT2D eigenvalue weighted by Crippen LogP contribution is -2.44. The van der Waals surface area contributed by atoms with Crippen molar-refractivity contribution in [1.29, 1.82) is 0 Å². The number of allylic oxidation sites excluding steroid dienone is 3. The van der Waals surface area contributed by atoms with E-state index >= 15 is 0 Å². The van der Waals surface area contributed by atoms with Crippen molar-refractivity contribution < 1.29 is 15.0 Å². The Hall–Kier alpha value is -0.740. The molecule has 5 atom stereocenters. The summed E-state index contributed by atoms with van der Waals surface area (Å²) in [5.74, 6) is 0.555. The summed E-state index contributed by atoms with van der Waals surface area (Å²) in [7, 11) is 0. The van der Waals surface area contributed by atoms with Crippen molar-refractivity contribution in [3.63, 3.8) is 0 Å². The van der Waals surface area contributed by atoms with E-state index in [1.807, 2.05) is 6.08 Å². The second-order valence-corrected chi connectivity index (χ2v) is 9.08. The van der Waals surface area contributed by atoms with Crippen LogP contribution in [0.15, 0.2) is 24.3 Å². The molecule has 0 amide bonds. The first-order valence-electron chi connectivity index (χ1n) is 9.98. The highest BCUT2D eigenvalue weighted by Gasteiger charge is 2.44. The Kier molecular flexibility index (Phi) is 9.11. The maximum Gasteiger partial charge on any atom is 0.303 e. The molecule has 25 heavy (non-hydrogen) atoms. The molecule has 3 aliphatic rings. The highest BCUT2D eigenvalue weighted by molar-refractivity contribution is 8.01. The Morgan fingerprint density at radius 2 is 2.04 bits per heavy atom. The first-order chi connectivity index (χ1) is 12.1.